The topological polar surface area (TPSA) is 80.8 Å². The van der Waals surface area contributed by atoms with Crippen molar-refractivity contribution in [1.29, 1.82) is 0 Å². The lowest BCUT2D eigenvalue weighted by atomic mass is 10.1. The first-order valence-corrected chi connectivity index (χ1v) is 8.42. The van der Waals surface area contributed by atoms with Gasteiger partial charge in [0, 0.05) is 37.3 Å². The van der Waals surface area contributed by atoms with Gasteiger partial charge in [-0.15, -0.1) is 0 Å². The largest absolute Gasteiger partial charge is 0.545 e. The fraction of sp³-hybridized carbons (Fsp3) is 0.250. The molecule has 134 valence electrons. The molecule has 6 nitrogen and oxygen atoms in total. The van der Waals surface area contributed by atoms with Crippen LogP contribution in [0.2, 0.25) is 0 Å². The van der Waals surface area contributed by atoms with Gasteiger partial charge in [-0.3, -0.25) is 9.59 Å². The van der Waals surface area contributed by atoms with Crippen molar-refractivity contribution in [2.24, 2.45) is 0 Å². The molecule has 0 radical (unpaired) electrons. The van der Waals surface area contributed by atoms with Gasteiger partial charge in [0.15, 0.2) is 0 Å². The van der Waals surface area contributed by atoms with Crippen LogP contribution in [0.3, 0.4) is 0 Å². The summed E-state index contributed by atoms with van der Waals surface area (Å²) in [5.74, 6) is -1.47. The van der Waals surface area contributed by atoms with Gasteiger partial charge >= 0.3 is 0 Å². The minimum atomic E-state index is -1.27. The number of carboxylic acids is 1. The molecular weight excluding hydrogens is 332 g/mol. The molecule has 2 aromatic carbocycles. The number of aryl methyl sites for hydroxylation is 1. The van der Waals surface area contributed by atoms with E-state index in [-0.39, 0.29) is 17.4 Å². The fourth-order valence-electron chi connectivity index (χ4n) is 2.92. The van der Waals surface area contributed by atoms with Crippen LogP contribution in [-0.2, 0) is 0 Å². The van der Waals surface area contributed by atoms with Gasteiger partial charge < -0.3 is 19.7 Å². The average Bonchev–Trinajstić information content (AvgIpc) is 2.67. The summed E-state index contributed by atoms with van der Waals surface area (Å²) in [7, 11) is 0. The third-order valence-corrected chi connectivity index (χ3v) is 4.52. The Morgan fingerprint density at radius 2 is 1.04 bits per heavy atom. The van der Waals surface area contributed by atoms with Crippen LogP contribution in [0, 0.1) is 6.92 Å². The molecule has 1 fully saturated rings. The quantitative estimate of drug-likeness (QED) is 0.825. The van der Waals surface area contributed by atoms with Crippen molar-refractivity contribution in [2.75, 3.05) is 26.2 Å². The van der Waals surface area contributed by atoms with E-state index in [0.29, 0.717) is 37.3 Å². The maximum Gasteiger partial charge on any atom is 0.253 e. The summed E-state index contributed by atoms with van der Waals surface area (Å²) in [6.07, 6.45) is 0. The summed E-state index contributed by atoms with van der Waals surface area (Å²) in [4.78, 5) is 39.2. The number of rotatable bonds is 3. The van der Waals surface area contributed by atoms with Gasteiger partial charge in [-0.05, 0) is 36.8 Å². The number of carbonyl (C=O) groups is 3. The van der Waals surface area contributed by atoms with Gasteiger partial charge in [-0.2, -0.15) is 0 Å². The predicted molar refractivity (Wildman–Crippen MR) is 93.8 cm³/mol. The molecule has 1 saturated heterocycles. The molecule has 3 rings (SSSR count). The van der Waals surface area contributed by atoms with Crippen molar-refractivity contribution in [1.82, 2.24) is 9.80 Å². The standard InChI is InChI=1S/C20H20N2O4/c1-14-2-4-15(5-3-14)18(23)21-10-12-22(13-11-21)19(24)16-6-8-17(9-7-16)20(25)26/h2-9H,10-13H2,1H3,(H,25,26)/p-1. The van der Waals surface area contributed by atoms with Crippen molar-refractivity contribution >= 4 is 17.8 Å². The van der Waals surface area contributed by atoms with Crippen molar-refractivity contribution in [3.05, 3.63) is 70.8 Å². The Hall–Kier alpha value is -3.15. The van der Waals surface area contributed by atoms with Gasteiger partial charge in [-0.25, -0.2) is 0 Å². The summed E-state index contributed by atoms with van der Waals surface area (Å²) >= 11 is 0. The van der Waals surface area contributed by atoms with Crippen LogP contribution in [-0.4, -0.2) is 53.8 Å². The Bertz CT molecular complexity index is 820. The molecule has 0 saturated carbocycles. The lowest BCUT2D eigenvalue weighted by Crippen LogP contribution is -2.50. The molecule has 26 heavy (non-hydrogen) atoms. The van der Waals surface area contributed by atoms with Crippen LogP contribution < -0.4 is 5.11 Å². The Balaban J connectivity index is 1.60. The van der Waals surface area contributed by atoms with Gasteiger partial charge in [-0.1, -0.05) is 29.8 Å². The highest BCUT2D eigenvalue weighted by molar-refractivity contribution is 5.96. The smallest absolute Gasteiger partial charge is 0.253 e. The summed E-state index contributed by atoms with van der Waals surface area (Å²) in [5.41, 5.74) is 2.21. The first-order chi connectivity index (χ1) is 12.5. The number of carbonyl (C=O) groups excluding carboxylic acids is 3. The first kappa shape index (κ1) is 17.7. The van der Waals surface area contributed by atoms with E-state index in [0.717, 1.165) is 5.56 Å². The summed E-state index contributed by atoms with van der Waals surface area (Å²) in [5, 5.41) is 10.8. The van der Waals surface area contributed by atoms with Gasteiger partial charge in [0.05, 0.1) is 5.97 Å². The highest BCUT2D eigenvalue weighted by Gasteiger charge is 2.25. The van der Waals surface area contributed by atoms with Crippen LogP contribution in [0.4, 0.5) is 0 Å². The Morgan fingerprint density at radius 1 is 0.692 bits per heavy atom. The molecule has 0 spiro atoms. The molecule has 1 aliphatic rings. The molecule has 1 heterocycles. The average molecular weight is 351 g/mol. The Labute approximate surface area is 151 Å². The minimum absolute atomic E-state index is 0.0320. The Morgan fingerprint density at radius 3 is 1.42 bits per heavy atom. The highest BCUT2D eigenvalue weighted by atomic mass is 16.4. The molecule has 0 atom stereocenters. The van der Waals surface area contributed by atoms with Crippen molar-refractivity contribution in [2.45, 2.75) is 6.92 Å². The second-order valence-electron chi connectivity index (χ2n) is 6.32. The molecule has 2 amide bonds. The third-order valence-electron chi connectivity index (χ3n) is 4.52. The van der Waals surface area contributed by atoms with E-state index in [4.69, 9.17) is 0 Å². The second-order valence-corrected chi connectivity index (χ2v) is 6.32. The monoisotopic (exact) mass is 351 g/mol. The maximum atomic E-state index is 12.5. The van der Waals surface area contributed by atoms with Crippen LogP contribution >= 0.6 is 0 Å². The van der Waals surface area contributed by atoms with Crippen LogP contribution in [0.25, 0.3) is 0 Å². The van der Waals surface area contributed by atoms with E-state index in [1.807, 2.05) is 31.2 Å². The zero-order chi connectivity index (χ0) is 18.7. The fourth-order valence-corrected chi connectivity index (χ4v) is 2.92. The van der Waals surface area contributed by atoms with Crippen LogP contribution in [0.5, 0.6) is 0 Å². The van der Waals surface area contributed by atoms with E-state index in [9.17, 15) is 19.5 Å². The number of benzene rings is 2. The molecule has 0 aliphatic carbocycles. The molecular formula is C20H19N2O4-. The van der Waals surface area contributed by atoms with E-state index in [2.05, 4.69) is 0 Å². The lowest BCUT2D eigenvalue weighted by molar-refractivity contribution is -0.255. The maximum absolute atomic E-state index is 12.5. The van der Waals surface area contributed by atoms with Crippen molar-refractivity contribution in [3.63, 3.8) is 0 Å². The second kappa shape index (κ2) is 7.39. The highest BCUT2D eigenvalue weighted by Crippen LogP contribution is 2.13. The molecule has 6 heteroatoms. The van der Waals surface area contributed by atoms with E-state index in [1.165, 1.54) is 24.3 Å². The molecule has 0 aromatic heterocycles. The number of piperazine rings is 1. The molecule has 1 aliphatic heterocycles. The minimum Gasteiger partial charge on any atom is -0.545 e. The number of carboxylic acid groups (broad SMARTS) is 1. The number of hydrogen-bond donors (Lipinski definition) is 0. The SMILES string of the molecule is Cc1ccc(C(=O)N2CCN(C(=O)c3ccc(C(=O)[O-])cc3)CC2)cc1. The van der Waals surface area contributed by atoms with Gasteiger partial charge in [0.25, 0.3) is 11.8 Å². The molecule has 0 unspecified atom stereocenters. The normalized spacial score (nSPS) is 14.2. The van der Waals surface area contributed by atoms with Gasteiger partial charge in [0.1, 0.15) is 0 Å². The molecule has 2 aromatic rings. The zero-order valence-corrected chi connectivity index (χ0v) is 14.5. The lowest BCUT2D eigenvalue weighted by Gasteiger charge is -2.35. The molecule has 0 bridgehead atoms. The van der Waals surface area contributed by atoms with E-state index in [1.54, 1.807) is 9.80 Å². The number of hydrogen-bond acceptors (Lipinski definition) is 4. The van der Waals surface area contributed by atoms with E-state index >= 15 is 0 Å². The number of amides is 2. The van der Waals surface area contributed by atoms with Gasteiger partial charge in [0.2, 0.25) is 0 Å². The summed E-state index contributed by atoms with van der Waals surface area (Å²) in [6.45, 7) is 3.79. The number of nitrogens with zero attached hydrogens (tertiary/aromatic N) is 2. The summed E-state index contributed by atoms with van der Waals surface area (Å²) < 4.78 is 0. The third kappa shape index (κ3) is 3.74. The zero-order valence-electron chi connectivity index (χ0n) is 14.5. The predicted octanol–water partition coefficient (Wildman–Crippen LogP) is 0.957. The summed E-state index contributed by atoms with van der Waals surface area (Å²) in [6, 6.07) is 13.1. The first-order valence-electron chi connectivity index (χ1n) is 8.42. The van der Waals surface area contributed by atoms with Crippen molar-refractivity contribution < 1.29 is 19.5 Å². The van der Waals surface area contributed by atoms with Crippen molar-refractivity contribution in [3.8, 4) is 0 Å². The molecule has 0 N–H and O–H groups in total. The number of aromatic carboxylic acids is 1. The Kier molecular flexibility index (Phi) is 5.02. The van der Waals surface area contributed by atoms with E-state index < -0.39 is 5.97 Å². The van der Waals surface area contributed by atoms with Crippen LogP contribution in [0.1, 0.15) is 36.6 Å². The van der Waals surface area contributed by atoms with Crippen LogP contribution in [0.15, 0.2) is 48.5 Å².